The van der Waals surface area contributed by atoms with Crippen molar-refractivity contribution in [3.63, 3.8) is 0 Å². The summed E-state index contributed by atoms with van der Waals surface area (Å²) in [6.45, 7) is 5.32. The van der Waals surface area contributed by atoms with Crippen LogP contribution >= 0.6 is 0 Å². The van der Waals surface area contributed by atoms with Crippen LogP contribution in [0, 0.1) is 13.8 Å². The van der Waals surface area contributed by atoms with E-state index < -0.39 is 0 Å². The Hall–Kier alpha value is -2.34. The van der Waals surface area contributed by atoms with Crippen molar-refractivity contribution in [2.75, 3.05) is 19.7 Å². The second-order valence-electron chi connectivity index (χ2n) is 5.31. The molecule has 1 aliphatic rings. The van der Waals surface area contributed by atoms with E-state index in [0.717, 1.165) is 11.4 Å². The molecule has 0 aromatic carbocycles. The second kappa shape index (κ2) is 6.19. The summed E-state index contributed by atoms with van der Waals surface area (Å²) in [6.07, 6.45) is 1.41. The molecule has 3 rings (SSSR count). The molecule has 1 aliphatic heterocycles. The van der Waals surface area contributed by atoms with Gasteiger partial charge in [0.15, 0.2) is 0 Å². The van der Waals surface area contributed by atoms with Crippen molar-refractivity contribution in [2.24, 2.45) is 0 Å². The maximum Gasteiger partial charge on any atom is 0.272 e. The van der Waals surface area contributed by atoms with E-state index in [1.807, 2.05) is 26.0 Å². The van der Waals surface area contributed by atoms with Gasteiger partial charge >= 0.3 is 0 Å². The van der Waals surface area contributed by atoms with E-state index in [1.165, 1.54) is 0 Å². The van der Waals surface area contributed by atoms with Gasteiger partial charge in [0, 0.05) is 18.4 Å². The van der Waals surface area contributed by atoms with Crippen LogP contribution in [0.1, 0.15) is 33.8 Å². The highest BCUT2D eigenvalue weighted by atomic mass is 16.5. The van der Waals surface area contributed by atoms with Crippen LogP contribution in [0.3, 0.4) is 0 Å². The lowest BCUT2D eigenvalue weighted by atomic mass is 10.1. The fourth-order valence-corrected chi connectivity index (χ4v) is 2.57. The maximum atomic E-state index is 12.5. The van der Waals surface area contributed by atoms with E-state index in [-0.39, 0.29) is 12.0 Å². The van der Waals surface area contributed by atoms with E-state index in [0.29, 0.717) is 31.2 Å². The van der Waals surface area contributed by atoms with Gasteiger partial charge in [-0.1, -0.05) is 6.07 Å². The van der Waals surface area contributed by atoms with E-state index >= 15 is 0 Å². The number of aromatic nitrogens is 3. The molecule has 0 spiro atoms. The van der Waals surface area contributed by atoms with E-state index in [9.17, 15) is 4.79 Å². The van der Waals surface area contributed by atoms with Crippen molar-refractivity contribution in [2.45, 2.75) is 20.0 Å². The van der Waals surface area contributed by atoms with Gasteiger partial charge in [-0.05, 0) is 32.0 Å². The average molecular weight is 298 g/mol. The standard InChI is InChI=1S/C16H18N4O2/c1-11-9-14(19-12(2)18-11)15-10-20(7-8-22-15)16(21)13-5-3-4-6-17-13/h3-6,9,15H,7-8,10H2,1-2H3/t15-/m1/s1. The van der Waals surface area contributed by atoms with Crippen molar-refractivity contribution in [1.82, 2.24) is 19.9 Å². The predicted octanol–water partition coefficient (Wildman–Crippen LogP) is 1.70. The predicted molar refractivity (Wildman–Crippen MR) is 80.3 cm³/mol. The SMILES string of the molecule is Cc1cc([C@H]2CN(C(=O)c3ccccn3)CCO2)nc(C)n1. The quantitative estimate of drug-likeness (QED) is 0.844. The van der Waals surface area contributed by atoms with Crippen LogP contribution in [0.4, 0.5) is 0 Å². The Labute approximate surface area is 129 Å². The molecule has 0 N–H and O–H groups in total. The molecule has 1 fully saturated rings. The third kappa shape index (κ3) is 3.12. The minimum absolute atomic E-state index is 0.0728. The summed E-state index contributed by atoms with van der Waals surface area (Å²) in [5, 5.41) is 0. The number of carbonyl (C=O) groups excluding carboxylic acids is 1. The molecule has 114 valence electrons. The number of hydrogen-bond acceptors (Lipinski definition) is 5. The van der Waals surface area contributed by atoms with Crippen molar-refractivity contribution >= 4 is 5.91 Å². The van der Waals surface area contributed by atoms with Crippen LogP contribution < -0.4 is 0 Å². The normalized spacial score (nSPS) is 18.3. The lowest BCUT2D eigenvalue weighted by Crippen LogP contribution is -2.42. The number of ether oxygens (including phenoxy) is 1. The summed E-state index contributed by atoms with van der Waals surface area (Å²) in [7, 11) is 0. The number of pyridine rings is 1. The molecule has 2 aromatic heterocycles. The molecule has 22 heavy (non-hydrogen) atoms. The number of hydrogen-bond donors (Lipinski definition) is 0. The fraction of sp³-hybridized carbons (Fsp3) is 0.375. The topological polar surface area (TPSA) is 68.2 Å². The largest absolute Gasteiger partial charge is 0.368 e. The van der Waals surface area contributed by atoms with Crippen LogP contribution in [0.25, 0.3) is 0 Å². The second-order valence-corrected chi connectivity index (χ2v) is 5.31. The number of nitrogens with zero attached hydrogens (tertiary/aromatic N) is 4. The van der Waals surface area contributed by atoms with Crippen molar-refractivity contribution in [1.29, 1.82) is 0 Å². The summed E-state index contributed by atoms with van der Waals surface area (Å²) >= 11 is 0. The van der Waals surface area contributed by atoms with Gasteiger partial charge in [-0.15, -0.1) is 0 Å². The van der Waals surface area contributed by atoms with Gasteiger partial charge in [0.2, 0.25) is 0 Å². The molecule has 6 heteroatoms. The minimum Gasteiger partial charge on any atom is -0.368 e. The first-order valence-corrected chi connectivity index (χ1v) is 7.27. The van der Waals surface area contributed by atoms with Crippen molar-refractivity contribution in [3.8, 4) is 0 Å². The molecular weight excluding hydrogens is 280 g/mol. The van der Waals surface area contributed by atoms with Gasteiger partial charge in [-0.2, -0.15) is 0 Å². The zero-order valence-corrected chi connectivity index (χ0v) is 12.7. The van der Waals surface area contributed by atoms with Crippen LogP contribution in [-0.2, 0) is 4.74 Å². The lowest BCUT2D eigenvalue weighted by Gasteiger charge is -2.32. The summed E-state index contributed by atoms with van der Waals surface area (Å²) in [5.74, 6) is 0.642. The third-order valence-corrected chi connectivity index (χ3v) is 3.55. The van der Waals surface area contributed by atoms with E-state index in [4.69, 9.17) is 4.74 Å². The molecule has 0 bridgehead atoms. The molecule has 1 saturated heterocycles. The highest BCUT2D eigenvalue weighted by Crippen LogP contribution is 2.22. The Morgan fingerprint density at radius 1 is 1.32 bits per heavy atom. The molecule has 0 unspecified atom stereocenters. The number of aryl methyl sites for hydroxylation is 2. The minimum atomic E-state index is -0.221. The summed E-state index contributed by atoms with van der Waals surface area (Å²) in [4.78, 5) is 27.1. The molecular formula is C16H18N4O2. The van der Waals surface area contributed by atoms with Gasteiger partial charge in [-0.3, -0.25) is 9.78 Å². The van der Waals surface area contributed by atoms with Crippen molar-refractivity contribution < 1.29 is 9.53 Å². The Morgan fingerprint density at radius 2 is 2.18 bits per heavy atom. The van der Waals surface area contributed by atoms with Crippen LogP contribution in [-0.4, -0.2) is 45.5 Å². The number of rotatable bonds is 2. The molecule has 1 amide bonds. The van der Waals surface area contributed by atoms with Gasteiger partial charge in [0.25, 0.3) is 5.91 Å². The van der Waals surface area contributed by atoms with Crippen molar-refractivity contribution in [3.05, 3.63) is 53.4 Å². The fourth-order valence-electron chi connectivity index (χ4n) is 2.57. The number of amides is 1. The molecule has 2 aromatic rings. The number of morpholine rings is 1. The van der Waals surface area contributed by atoms with Crippen LogP contribution in [0.2, 0.25) is 0 Å². The summed E-state index contributed by atoms with van der Waals surface area (Å²) in [6, 6.07) is 7.25. The Morgan fingerprint density at radius 3 is 2.91 bits per heavy atom. The van der Waals surface area contributed by atoms with Crippen LogP contribution in [0.5, 0.6) is 0 Å². The Balaban J connectivity index is 1.78. The first-order chi connectivity index (χ1) is 10.6. The monoisotopic (exact) mass is 298 g/mol. The average Bonchev–Trinajstić information content (AvgIpc) is 2.54. The van der Waals surface area contributed by atoms with Gasteiger partial charge in [0.05, 0.1) is 18.8 Å². The van der Waals surface area contributed by atoms with Gasteiger partial charge in [0.1, 0.15) is 17.6 Å². The van der Waals surface area contributed by atoms with E-state index in [1.54, 1.807) is 23.2 Å². The summed E-state index contributed by atoms with van der Waals surface area (Å²) < 4.78 is 5.79. The molecule has 0 aliphatic carbocycles. The lowest BCUT2D eigenvalue weighted by molar-refractivity contribution is -0.0250. The first-order valence-electron chi connectivity index (χ1n) is 7.27. The van der Waals surface area contributed by atoms with E-state index in [2.05, 4.69) is 15.0 Å². The Kier molecular flexibility index (Phi) is 4.11. The molecule has 6 nitrogen and oxygen atoms in total. The van der Waals surface area contributed by atoms with Crippen LogP contribution in [0.15, 0.2) is 30.5 Å². The summed E-state index contributed by atoms with van der Waals surface area (Å²) in [5.41, 5.74) is 2.18. The molecule has 0 radical (unpaired) electrons. The maximum absolute atomic E-state index is 12.5. The molecule has 0 saturated carbocycles. The smallest absolute Gasteiger partial charge is 0.272 e. The molecule has 3 heterocycles. The van der Waals surface area contributed by atoms with Gasteiger partial charge in [-0.25, -0.2) is 9.97 Å². The zero-order chi connectivity index (χ0) is 15.5. The zero-order valence-electron chi connectivity index (χ0n) is 12.7. The highest BCUT2D eigenvalue weighted by molar-refractivity contribution is 5.92. The Bertz CT molecular complexity index is 655. The first kappa shape index (κ1) is 14.6. The van der Waals surface area contributed by atoms with Gasteiger partial charge < -0.3 is 9.64 Å². The third-order valence-electron chi connectivity index (χ3n) is 3.55. The highest BCUT2D eigenvalue weighted by Gasteiger charge is 2.27. The molecule has 1 atom stereocenters. The number of carbonyl (C=O) groups is 1.